The molecule has 1 saturated carbocycles. The summed E-state index contributed by atoms with van der Waals surface area (Å²) in [6, 6.07) is 4.53. The van der Waals surface area contributed by atoms with Crippen LogP contribution in [0.5, 0.6) is 0 Å². The van der Waals surface area contributed by atoms with Gasteiger partial charge in [-0.1, -0.05) is 11.3 Å². The van der Waals surface area contributed by atoms with E-state index in [4.69, 9.17) is 0 Å². The molecular formula is C14H17N5. The minimum absolute atomic E-state index is 0.446. The maximum Gasteiger partial charge on any atom is 0.131 e. The van der Waals surface area contributed by atoms with E-state index in [0.29, 0.717) is 12.0 Å². The van der Waals surface area contributed by atoms with Crippen LogP contribution in [0, 0.1) is 6.92 Å². The normalized spacial score (nSPS) is 19.5. The number of hydrogen-bond acceptors (Lipinski definition) is 4. The molecule has 2 fully saturated rings. The van der Waals surface area contributed by atoms with Gasteiger partial charge in [-0.3, -0.25) is 0 Å². The largest absolute Gasteiger partial charge is 0.352 e. The molecule has 2 aliphatic rings. The second-order valence-electron chi connectivity index (χ2n) is 5.60. The lowest BCUT2D eigenvalue weighted by Gasteiger charge is -2.40. The average molecular weight is 255 g/mol. The third kappa shape index (κ3) is 1.89. The van der Waals surface area contributed by atoms with E-state index in [1.54, 1.807) is 0 Å². The zero-order valence-electron chi connectivity index (χ0n) is 11.0. The highest BCUT2D eigenvalue weighted by Crippen LogP contribution is 2.39. The van der Waals surface area contributed by atoms with Crippen LogP contribution in [0.4, 0.5) is 5.82 Å². The van der Waals surface area contributed by atoms with Gasteiger partial charge < -0.3 is 4.90 Å². The first kappa shape index (κ1) is 11.0. The van der Waals surface area contributed by atoms with Gasteiger partial charge >= 0.3 is 0 Å². The summed E-state index contributed by atoms with van der Waals surface area (Å²) in [6.45, 7) is 4.06. The molecule has 1 aliphatic heterocycles. The zero-order valence-corrected chi connectivity index (χ0v) is 11.0. The zero-order chi connectivity index (χ0) is 12.8. The molecule has 5 heteroatoms. The fourth-order valence-electron chi connectivity index (χ4n) is 2.64. The Balaban J connectivity index is 1.45. The fourth-order valence-corrected chi connectivity index (χ4v) is 2.64. The monoisotopic (exact) mass is 255 g/mol. The second-order valence-corrected chi connectivity index (χ2v) is 5.60. The first-order valence-corrected chi connectivity index (χ1v) is 6.89. The van der Waals surface area contributed by atoms with Crippen LogP contribution >= 0.6 is 0 Å². The van der Waals surface area contributed by atoms with Crippen molar-refractivity contribution in [3.8, 4) is 0 Å². The number of aromatic nitrogens is 4. The molecule has 3 heterocycles. The molecule has 0 unspecified atom stereocenters. The second kappa shape index (κ2) is 4.05. The third-order valence-corrected chi connectivity index (χ3v) is 4.04. The van der Waals surface area contributed by atoms with Crippen molar-refractivity contribution < 1.29 is 0 Å². The topological polar surface area (TPSA) is 46.8 Å². The number of anilines is 1. The van der Waals surface area contributed by atoms with E-state index in [-0.39, 0.29) is 0 Å². The molecule has 0 amide bonds. The van der Waals surface area contributed by atoms with Crippen LogP contribution in [0.15, 0.2) is 24.5 Å². The van der Waals surface area contributed by atoms with Crippen LogP contribution in [0.25, 0.3) is 0 Å². The van der Waals surface area contributed by atoms with Gasteiger partial charge in [0.1, 0.15) is 5.82 Å². The highest BCUT2D eigenvalue weighted by atomic mass is 15.5. The number of hydrogen-bond donors (Lipinski definition) is 0. The van der Waals surface area contributed by atoms with Gasteiger partial charge in [-0.2, -0.15) is 0 Å². The van der Waals surface area contributed by atoms with E-state index in [1.165, 1.54) is 24.1 Å². The Hall–Kier alpha value is -1.91. The maximum atomic E-state index is 4.45. The minimum atomic E-state index is 0.446. The Kier molecular flexibility index (Phi) is 2.33. The quantitative estimate of drug-likeness (QED) is 0.840. The standard InChI is InChI=1S/C14H17N5/c1-10-3-2-6-15-14(10)18-7-12(8-18)19-9-13(16-17-19)11-4-5-11/h2-3,6,9,11-12H,4-5,7-8H2,1H3. The minimum Gasteiger partial charge on any atom is -0.352 e. The summed E-state index contributed by atoms with van der Waals surface area (Å²) in [5, 5.41) is 8.54. The van der Waals surface area contributed by atoms with E-state index >= 15 is 0 Å². The van der Waals surface area contributed by atoms with Gasteiger partial charge in [0.2, 0.25) is 0 Å². The van der Waals surface area contributed by atoms with Crippen LogP contribution in [0.3, 0.4) is 0 Å². The first-order chi connectivity index (χ1) is 9.31. The van der Waals surface area contributed by atoms with Crippen molar-refractivity contribution in [3.63, 3.8) is 0 Å². The van der Waals surface area contributed by atoms with Crippen molar-refractivity contribution in [1.29, 1.82) is 0 Å². The smallest absolute Gasteiger partial charge is 0.131 e. The van der Waals surface area contributed by atoms with E-state index in [2.05, 4.69) is 39.4 Å². The maximum absolute atomic E-state index is 4.45. The van der Waals surface area contributed by atoms with Crippen molar-refractivity contribution in [2.24, 2.45) is 0 Å². The molecule has 0 spiro atoms. The van der Waals surface area contributed by atoms with Gasteiger partial charge in [-0.05, 0) is 31.4 Å². The average Bonchev–Trinajstić information content (AvgIpc) is 3.10. The predicted octanol–water partition coefficient (Wildman–Crippen LogP) is 1.92. The van der Waals surface area contributed by atoms with Crippen LogP contribution in [-0.4, -0.2) is 33.1 Å². The van der Waals surface area contributed by atoms with E-state index in [0.717, 1.165) is 18.9 Å². The molecule has 0 atom stereocenters. The molecule has 0 aromatic carbocycles. The van der Waals surface area contributed by atoms with Gasteiger partial charge in [-0.25, -0.2) is 9.67 Å². The van der Waals surface area contributed by atoms with Crippen molar-refractivity contribution in [2.45, 2.75) is 31.7 Å². The lowest BCUT2D eigenvalue weighted by Crippen LogP contribution is -2.48. The molecule has 2 aromatic rings. The van der Waals surface area contributed by atoms with Gasteiger partial charge in [0.15, 0.2) is 0 Å². The van der Waals surface area contributed by atoms with Crippen LogP contribution in [-0.2, 0) is 0 Å². The Morgan fingerprint density at radius 3 is 2.84 bits per heavy atom. The number of nitrogens with zero attached hydrogens (tertiary/aromatic N) is 5. The highest BCUT2D eigenvalue weighted by molar-refractivity contribution is 5.48. The number of aryl methyl sites for hydroxylation is 1. The first-order valence-electron chi connectivity index (χ1n) is 6.89. The van der Waals surface area contributed by atoms with E-state index < -0.39 is 0 Å². The molecular weight excluding hydrogens is 238 g/mol. The predicted molar refractivity (Wildman–Crippen MR) is 72.2 cm³/mol. The summed E-state index contributed by atoms with van der Waals surface area (Å²) in [7, 11) is 0. The molecule has 5 nitrogen and oxygen atoms in total. The molecule has 98 valence electrons. The SMILES string of the molecule is Cc1cccnc1N1CC(n2cc(C3CC3)nn2)C1. The Bertz CT molecular complexity index is 595. The fraction of sp³-hybridized carbons (Fsp3) is 0.500. The Labute approximate surface area is 112 Å². The lowest BCUT2D eigenvalue weighted by molar-refractivity contribution is 0.358. The summed E-state index contributed by atoms with van der Waals surface area (Å²) in [6.07, 6.45) is 6.55. The number of pyridine rings is 1. The molecule has 1 aliphatic carbocycles. The summed E-state index contributed by atoms with van der Waals surface area (Å²) >= 11 is 0. The van der Waals surface area contributed by atoms with Gasteiger partial charge in [0.05, 0.1) is 11.7 Å². The number of rotatable bonds is 3. The molecule has 0 bridgehead atoms. The summed E-state index contributed by atoms with van der Waals surface area (Å²) in [4.78, 5) is 6.76. The van der Waals surface area contributed by atoms with Crippen molar-refractivity contribution in [3.05, 3.63) is 35.8 Å². The Morgan fingerprint density at radius 2 is 2.11 bits per heavy atom. The van der Waals surface area contributed by atoms with Crippen LogP contribution in [0.2, 0.25) is 0 Å². The summed E-state index contributed by atoms with van der Waals surface area (Å²) < 4.78 is 2.03. The highest BCUT2D eigenvalue weighted by Gasteiger charge is 2.33. The molecule has 2 aromatic heterocycles. The third-order valence-electron chi connectivity index (χ3n) is 4.04. The molecule has 19 heavy (non-hydrogen) atoms. The summed E-state index contributed by atoms with van der Waals surface area (Å²) in [5.41, 5.74) is 2.41. The van der Waals surface area contributed by atoms with Crippen LogP contribution in [0.1, 0.15) is 36.1 Å². The van der Waals surface area contributed by atoms with Gasteiger partial charge in [0.25, 0.3) is 0 Å². The van der Waals surface area contributed by atoms with Crippen molar-refractivity contribution in [1.82, 2.24) is 20.0 Å². The summed E-state index contributed by atoms with van der Waals surface area (Å²) in [5.74, 6) is 1.78. The van der Waals surface area contributed by atoms with Crippen LogP contribution < -0.4 is 4.90 Å². The van der Waals surface area contributed by atoms with Gasteiger partial charge in [0, 0.05) is 31.4 Å². The molecule has 0 radical (unpaired) electrons. The Morgan fingerprint density at radius 1 is 1.26 bits per heavy atom. The van der Waals surface area contributed by atoms with Gasteiger partial charge in [-0.15, -0.1) is 5.10 Å². The van der Waals surface area contributed by atoms with E-state index in [9.17, 15) is 0 Å². The molecule has 4 rings (SSSR count). The lowest BCUT2D eigenvalue weighted by atomic mass is 10.1. The van der Waals surface area contributed by atoms with Crippen molar-refractivity contribution in [2.75, 3.05) is 18.0 Å². The molecule has 1 saturated heterocycles. The van der Waals surface area contributed by atoms with E-state index in [1.807, 2.05) is 16.9 Å². The molecule has 0 N–H and O–H groups in total. The van der Waals surface area contributed by atoms with Crippen molar-refractivity contribution >= 4 is 5.82 Å².